The van der Waals surface area contributed by atoms with Crippen LogP contribution in [0.4, 0.5) is 0 Å². The van der Waals surface area contributed by atoms with Gasteiger partial charge in [-0.05, 0) is 87.5 Å². The summed E-state index contributed by atoms with van der Waals surface area (Å²) >= 11 is 0. The van der Waals surface area contributed by atoms with Gasteiger partial charge < -0.3 is 19.1 Å². The molecule has 3 aliphatic carbocycles. The Balaban J connectivity index is 1.22. The number of Topliss-reactive ketones (excluding diaryl/α,β-unsaturated/α-hetero) is 1. The Hall–Kier alpha value is -3.74. The highest BCUT2D eigenvalue weighted by Crippen LogP contribution is 2.58. The van der Waals surface area contributed by atoms with Crippen LogP contribution in [0.2, 0.25) is 0 Å². The van der Waals surface area contributed by atoms with Crippen molar-refractivity contribution in [2.24, 2.45) is 28.6 Å². The number of nitrogens with one attached hydrogen (secondary N) is 1. The summed E-state index contributed by atoms with van der Waals surface area (Å²) in [7, 11) is -2.20. The van der Waals surface area contributed by atoms with Crippen molar-refractivity contribution in [2.75, 3.05) is 13.7 Å². The van der Waals surface area contributed by atoms with Gasteiger partial charge >= 0.3 is 5.97 Å². The number of hydrogen-bond acceptors (Lipinski definition) is 10. The van der Waals surface area contributed by atoms with Crippen LogP contribution >= 0.6 is 0 Å². The highest BCUT2D eigenvalue weighted by Gasteiger charge is 2.62. The summed E-state index contributed by atoms with van der Waals surface area (Å²) < 4.78 is 46.2. The highest BCUT2D eigenvalue weighted by molar-refractivity contribution is 7.90. The molecule has 5 aliphatic rings. The lowest BCUT2D eigenvalue weighted by atomic mass is 9.77. The summed E-state index contributed by atoms with van der Waals surface area (Å²) in [5.74, 6) is -1.11. The van der Waals surface area contributed by atoms with Crippen molar-refractivity contribution >= 4 is 44.5 Å². The minimum absolute atomic E-state index is 0.0959. The molecule has 1 N–H and O–H groups in total. The quantitative estimate of drug-likeness (QED) is 0.312. The van der Waals surface area contributed by atoms with Gasteiger partial charge in [-0.25, -0.2) is 13.4 Å². The lowest BCUT2D eigenvalue weighted by molar-refractivity contribution is -0.158. The van der Waals surface area contributed by atoms with Gasteiger partial charge in [-0.15, -0.1) is 0 Å². The minimum Gasteiger partial charge on any atom is -0.497 e. The van der Waals surface area contributed by atoms with E-state index in [2.05, 4.69) is 4.72 Å². The molecular weight excluding hydrogens is 723 g/mol. The summed E-state index contributed by atoms with van der Waals surface area (Å²) in [5.41, 5.74) is -0.738. The first-order valence-corrected chi connectivity index (χ1v) is 21.8. The van der Waals surface area contributed by atoms with E-state index in [9.17, 15) is 27.6 Å². The first kappa shape index (κ1) is 39.5. The normalized spacial score (nSPS) is 31.6. The molecule has 12 nitrogen and oxygen atoms in total. The number of ether oxygens (including phenoxy) is 3. The minimum atomic E-state index is -3.82. The summed E-state index contributed by atoms with van der Waals surface area (Å²) in [6.45, 7) is 9.73. The lowest BCUT2D eigenvalue weighted by Crippen LogP contribution is -2.48. The standard InChI is InChI=1S/C42H57N3O9S/c1-7-26-22-42(26,39(49)44-55(50,51)30-14-15-30)23-35(46)34-19-29-24-45(34)38(48)31(40(2,3)4)20-37(47)54-41(5)21-27(41)11-9-8-10-12-33-36(53-29)18-25-17-28(52-6)13-16-32(25)43-33/h13,16-18,26-27,29-31,34H,7-12,14-15,19-24H2,1-6H3,(H,44,49)/t26-,27-,29-,31-,34+,41-,42-/m1/s1. The third kappa shape index (κ3) is 8.23. The maximum atomic E-state index is 14.8. The van der Waals surface area contributed by atoms with Crippen LogP contribution in [0, 0.1) is 28.6 Å². The Morgan fingerprint density at radius 3 is 2.51 bits per heavy atom. The van der Waals surface area contributed by atoms with E-state index in [-0.39, 0.29) is 49.3 Å². The van der Waals surface area contributed by atoms with Crippen molar-refractivity contribution in [3.05, 3.63) is 30.0 Å². The molecule has 3 saturated carbocycles. The Morgan fingerprint density at radius 1 is 1.07 bits per heavy atom. The molecule has 2 aromatic rings. The van der Waals surface area contributed by atoms with Gasteiger partial charge in [-0.2, -0.15) is 0 Å². The van der Waals surface area contributed by atoms with Gasteiger partial charge in [0.25, 0.3) is 0 Å². The number of amides is 2. The maximum Gasteiger partial charge on any atom is 0.307 e. The number of carbonyl (C=O) groups excluding carboxylic acids is 4. The third-order valence-corrected chi connectivity index (χ3v) is 14.8. The number of esters is 1. The second-order valence-corrected chi connectivity index (χ2v) is 20.1. The number of sulfonamides is 1. The number of aromatic nitrogens is 1. The van der Waals surface area contributed by atoms with Crippen LogP contribution in [0.1, 0.15) is 117 Å². The van der Waals surface area contributed by atoms with Gasteiger partial charge in [-0.1, -0.05) is 47.0 Å². The van der Waals surface area contributed by atoms with E-state index >= 15 is 0 Å². The van der Waals surface area contributed by atoms with Gasteiger partial charge in [0.05, 0.1) is 53.9 Å². The van der Waals surface area contributed by atoms with E-state index < -0.39 is 61.6 Å². The second-order valence-electron chi connectivity index (χ2n) is 18.2. The molecule has 300 valence electrons. The number of carbonyl (C=O) groups is 4. The summed E-state index contributed by atoms with van der Waals surface area (Å²) in [4.78, 5) is 63.2. The maximum absolute atomic E-state index is 14.8. The average Bonchev–Trinajstić information content (AvgIpc) is 4.07. The van der Waals surface area contributed by atoms with E-state index in [4.69, 9.17) is 19.2 Å². The number of hydrogen-bond donors (Lipinski definition) is 1. The zero-order valence-electron chi connectivity index (χ0n) is 33.1. The zero-order valence-corrected chi connectivity index (χ0v) is 34.0. The Kier molecular flexibility index (Phi) is 10.5. The van der Waals surface area contributed by atoms with Crippen molar-refractivity contribution in [2.45, 2.75) is 141 Å². The van der Waals surface area contributed by atoms with Gasteiger partial charge in [0.15, 0.2) is 5.78 Å². The first-order chi connectivity index (χ1) is 26.0. The fourth-order valence-electron chi connectivity index (χ4n) is 9.06. The van der Waals surface area contributed by atoms with Gasteiger partial charge in [0.1, 0.15) is 23.2 Å². The average molecular weight is 780 g/mol. The summed E-state index contributed by atoms with van der Waals surface area (Å²) in [6, 6.07) is 6.73. The number of nitrogens with zero attached hydrogens (tertiary/aromatic N) is 2. The van der Waals surface area contributed by atoms with Gasteiger partial charge in [-0.3, -0.25) is 23.9 Å². The van der Waals surface area contributed by atoms with Crippen LogP contribution < -0.4 is 14.2 Å². The number of aryl methyl sites for hydroxylation is 1. The van der Waals surface area contributed by atoms with Gasteiger partial charge in [0.2, 0.25) is 21.8 Å². The molecule has 2 bridgehead atoms. The largest absolute Gasteiger partial charge is 0.497 e. The van der Waals surface area contributed by atoms with Crippen molar-refractivity contribution in [3.8, 4) is 11.5 Å². The Morgan fingerprint density at radius 2 is 1.84 bits per heavy atom. The molecule has 1 aromatic carbocycles. The molecule has 0 radical (unpaired) electrons. The molecule has 13 heteroatoms. The van der Waals surface area contributed by atoms with E-state index in [0.717, 1.165) is 48.7 Å². The molecule has 1 aromatic heterocycles. The number of rotatable bonds is 8. The molecule has 0 spiro atoms. The van der Waals surface area contributed by atoms with E-state index in [1.165, 1.54) is 0 Å². The SMILES string of the molecule is CC[C@@H]1C[C@]1(CC(=O)[C@@H]1C[C@@H]2CN1C(=O)[C@H](C(C)(C)C)CC(=O)O[C@]1(C)C[C@H]1CCCCCc1nc3ccc(OC)cc3cc1O2)C(=O)NS(=O)(=O)C1CC1. The predicted octanol–water partition coefficient (Wildman–Crippen LogP) is 6.07. The number of ketones is 1. The Labute approximate surface area is 324 Å². The molecule has 7 rings (SSSR count). The van der Waals surface area contributed by atoms with Crippen LogP contribution in [-0.2, 0) is 40.4 Å². The van der Waals surface area contributed by atoms with Crippen LogP contribution in [-0.4, -0.2) is 78.5 Å². The molecular formula is C42H57N3O9S. The van der Waals surface area contributed by atoms with Crippen LogP contribution in [0.15, 0.2) is 24.3 Å². The molecule has 2 amide bonds. The molecule has 3 heterocycles. The predicted molar refractivity (Wildman–Crippen MR) is 206 cm³/mol. The van der Waals surface area contributed by atoms with Crippen LogP contribution in [0.3, 0.4) is 0 Å². The zero-order chi connectivity index (χ0) is 39.5. The lowest BCUT2D eigenvalue weighted by Gasteiger charge is -2.35. The molecule has 2 aliphatic heterocycles. The van der Waals surface area contributed by atoms with E-state index in [1.54, 1.807) is 12.0 Å². The van der Waals surface area contributed by atoms with Gasteiger partial charge in [0, 0.05) is 24.1 Å². The monoisotopic (exact) mass is 779 g/mol. The van der Waals surface area contributed by atoms with Crippen molar-refractivity contribution < 1.29 is 41.8 Å². The van der Waals surface area contributed by atoms with Crippen molar-refractivity contribution in [3.63, 3.8) is 0 Å². The number of benzene rings is 1. The Bertz CT molecular complexity index is 1970. The molecule has 55 heavy (non-hydrogen) atoms. The van der Waals surface area contributed by atoms with Crippen molar-refractivity contribution in [1.29, 1.82) is 0 Å². The number of pyridine rings is 1. The third-order valence-electron chi connectivity index (χ3n) is 13.0. The van der Waals surface area contributed by atoms with Crippen molar-refractivity contribution in [1.82, 2.24) is 14.6 Å². The summed E-state index contributed by atoms with van der Waals surface area (Å²) in [6.07, 6.45) is 6.58. The molecule has 1 saturated heterocycles. The van der Waals surface area contributed by atoms with E-state index in [1.807, 2.05) is 58.9 Å². The number of fused-ring (bicyclic) bond motifs is 5. The smallest absolute Gasteiger partial charge is 0.307 e. The van der Waals surface area contributed by atoms with E-state index in [0.29, 0.717) is 43.6 Å². The molecule has 4 fully saturated rings. The molecule has 7 atom stereocenters. The highest BCUT2D eigenvalue weighted by atomic mass is 32.2. The second kappa shape index (κ2) is 14.6. The fraction of sp³-hybridized carbons (Fsp3) is 0.690. The van der Waals surface area contributed by atoms with Crippen LogP contribution in [0.5, 0.6) is 11.5 Å². The fourth-order valence-corrected chi connectivity index (χ4v) is 10.4. The van der Waals surface area contributed by atoms with Crippen LogP contribution in [0.25, 0.3) is 10.9 Å². The number of methoxy groups -OCH3 is 1. The topological polar surface area (TPSA) is 158 Å². The molecule has 0 unspecified atom stereocenters. The first-order valence-electron chi connectivity index (χ1n) is 20.2. The summed E-state index contributed by atoms with van der Waals surface area (Å²) in [5, 5.41) is 0.263.